The van der Waals surface area contributed by atoms with Gasteiger partial charge in [-0.05, 0) is 26.0 Å². The van der Waals surface area contributed by atoms with E-state index in [2.05, 4.69) is 36.1 Å². The number of hydrogen-bond donors (Lipinski definition) is 3. The minimum absolute atomic E-state index is 0. The van der Waals surface area contributed by atoms with E-state index in [0.29, 0.717) is 30.5 Å². The fourth-order valence-electron chi connectivity index (χ4n) is 2.45. The van der Waals surface area contributed by atoms with Gasteiger partial charge in [-0.3, -0.25) is 9.20 Å². The lowest BCUT2D eigenvalue weighted by atomic mass is 10.4. The molecule has 0 spiro atoms. The molecule has 9 nitrogen and oxygen atoms in total. The summed E-state index contributed by atoms with van der Waals surface area (Å²) in [5.74, 6) is 1.32. The Balaban J connectivity index is 0.00000280. The summed E-state index contributed by atoms with van der Waals surface area (Å²) in [6.45, 7) is 5.99. The van der Waals surface area contributed by atoms with Crippen LogP contribution in [-0.4, -0.2) is 51.1 Å². The molecule has 0 fully saturated rings. The monoisotopic (exact) mass is 514 g/mol. The summed E-state index contributed by atoms with van der Waals surface area (Å²) in [5.41, 5.74) is 3.22. The van der Waals surface area contributed by atoms with Gasteiger partial charge >= 0.3 is 0 Å². The van der Waals surface area contributed by atoms with E-state index in [0.717, 1.165) is 23.7 Å². The van der Waals surface area contributed by atoms with Crippen molar-refractivity contribution in [2.24, 2.45) is 4.99 Å². The highest BCUT2D eigenvalue weighted by Crippen LogP contribution is 2.11. The highest BCUT2D eigenvalue weighted by molar-refractivity contribution is 14.0. The number of carbonyl (C=O) groups is 1. The third kappa shape index (κ3) is 5.61. The number of rotatable bonds is 7. The highest BCUT2D eigenvalue weighted by atomic mass is 127. The summed E-state index contributed by atoms with van der Waals surface area (Å²) in [6, 6.07) is 5.75. The fraction of sp³-hybridized carbons (Fsp3) is 0.353. The number of fused-ring (bicyclic) bond motifs is 1. The molecule has 28 heavy (non-hydrogen) atoms. The molecule has 3 aromatic heterocycles. The number of aryl methyl sites for hydroxylation is 1. The van der Waals surface area contributed by atoms with Crippen LogP contribution in [0.5, 0.6) is 0 Å². The van der Waals surface area contributed by atoms with Crippen LogP contribution in [0.3, 0.4) is 0 Å². The third-order valence-electron chi connectivity index (χ3n) is 3.76. The maximum atomic E-state index is 12.1. The van der Waals surface area contributed by atoms with Crippen molar-refractivity contribution in [1.29, 1.82) is 0 Å². The number of halogens is 1. The van der Waals surface area contributed by atoms with Gasteiger partial charge < -0.3 is 16.0 Å². The van der Waals surface area contributed by atoms with Crippen LogP contribution in [0.25, 0.3) is 5.65 Å². The number of pyridine rings is 1. The lowest BCUT2D eigenvalue weighted by molar-refractivity contribution is 0.0957. The van der Waals surface area contributed by atoms with Crippen LogP contribution in [0.4, 0.5) is 0 Å². The smallest absolute Gasteiger partial charge is 0.263 e. The van der Waals surface area contributed by atoms with Crippen LogP contribution in [0.1, 0.15) is 28.1 Å². The maximum Gasteiger partial charge on any atom is 0.263 e. The van der Waals surface area contributed by atoms with E-state index in [1.54, 1.807) is 5.51 Å². The molecule has 3 rings (SSSR count). The second-order valence-electron chi connectivity index (χ2n) is 5.69. The predicted octanol–water partition coefficient (Wildman–Crippen LogP) is 1.60. The molecule has 0 aromatic carbocycles. The molecule has 0 radical (unpaired) electrons. The number of nitrogens with zero attached hydrogens (tertiary/aromatic N) is 5. The number of aromatic nitrogens is 4. The largest absolute Gasteiger partial charge is 0.357 e. The lowest BCUT2D eigenvalue weighted by Gasteiger charge is -2.11. The van der Waals surface area contributed by atoms with E-state index in [-0.39, 0.29) is 29.9 Å². The summed E-state index contributed by atoms with van der Waals surface area (Å²) >= 11 is 1.34. The molecule has 0 saturated heterocycles. The Hall–Kier alpha value is -2.28. The fourth-order valence-corrected chi connectivity index (χ4v) is 3.17. The van der Waals surface area contributed by atoms with Crippen LogP contribution in [0.2, 0.25) is 0 Å². The van der Waals surface area contributed by atoms with Gasteiger partial charge in [0.05, 0.1) is 11.2 Å². The normalized spacial score (nSPS) is 11.1. The van der Waals surface area contributed by atoms with Gasteiger partial charge in [-0.15, -0.1) is 45.5 Å². The Bertz CT molecular complexity index is 938. The van der Waals surface area contributed by atoms with Crippen molar-refractivity contribution in [1.82, 2.24) is 35.5 Å². The second-order valence-corrected chi connectivity index (χ2v) is 6.54. The Morgan fingerprint density at radius 1 is 1.21 bits per heavy atom. The molecular weight excluding hydrogens is 491 g/mol. The zero-order valence-corrected chi connectivity index (χ0v) is 18.8. The molecule has 3 aromatic rings. The number of aliphatic imine (C=N–C) groups is 1. The molecule has 150 valence electrons. The van der Waals surface area contributed by atoms with Crippen LogP contribution in [0.15, 0.2) is 34.9 Å². The van der Waals surface area contributed by atoms with Crippen molar-refractivity contribution < 1.29 is 4.79 Å². The number of carbonyl (C=O) groups excluding carboxylic acids is 1. The zero-order chi connectivity index (χ0) is 19.1. The van der Waals surface area contributed by atoms with Crippen LogP contribution in [-0.2, 0) is 6.54 Å². The average molecular weight is 514 g/mol. The summed E-state index contributed by atoms with van der Waals surface area (Å²) in [4.78, 5) is 21.3. The number of guanidine groups is 1. The Labute approximate surface area is 184 Å². The summed E-state index contributed by atoms with van der Waals surface area (Å²) < 4.78 is 1.91. The topological polar surface area (TPSA) is 109 Å². The van der Waals surface area contributed by atoms with Gasteiger partial charge in [-0.2, -0.15) is 0 Å². The van der Waals surface area contributed by atoms with E-state index in [1.165, 1.54) is 11.3 Å². The van der Waals surface area contributed by atoms with E-state index in [4.69, 9.17) is 0 Å². The average Bonchev–Trinajstić information content (AvgIpc) is 3.29. The molecule has 0 saturated carbocycles. The van der Waals surface area contributed by atoms with Crippen LogP contribution < -0.4 is 16.0 Å². The Morgan fingerprint density at radius 2 is 2.04 bits per heavy atom. The molecule has 11 heteroatoms. The van der Waals surface area contributed by atoms with Crippen LogP contribution in [0, 0.1) is 6.92 Å². The van der Waals surface area contributed by atoms with Gasteiger partial charge in [0.1, 0.15) is 11.4 Å². The third-order valence-corrected chi connectivity index (χ3v) is 4.69. The number of hydrogen-bond acceptors (Lipinski definition) is 6. The van der Waals surface area contributed by atoms with Crippen LogP contribution >= 0.6 is 35.3 Å². The van der Waals surface area contributed by atoms with Crippen molar-refractivity contribution in [3.8, 4) is 0 Å². The first-order chi connectivity index (χ1) is 13.2. The molecule has 0 aliphatic carbocycles. The summed E-state index contributed by atoms with van der Waals surface area (Å²) in [7, 11) is 0. The molecular formula is C17H23IN8OS. The number of thiazole rings is 1. The maximum absolute atomic E-state index is 12.1. The van der Waals surface area contributed by atoms with E-state index < -0.39 is 0 Å². The van der Waals surface area contributed by atoms with E-state index in [9.17, 15) is 4.79 Å². The molecule has 3 heterocycles. The number of nitrogens with one attached hydrogen (secondary N) is 3. The van der Waals surface area contributed by atoms with Crippen molar-refractivity contribution >= 4 is 52.8 Å². The van der Waals surface area contributed by atoms with Gasteiger partial charge in [0, 0.05) is 25.8 Å². The number of amides is 1. The highest BCUT2D eigenvalue weighted by Gasteiger charge is 2.10. The van der Waals surface area contributed by atoms with Gasteiger partial charge in [0.2, 0.25) is 0 Å². The first kappa shape index (κ1) is 22.0. The van der Waals surface area contributed by atoms with Crippen molar-refractivity contribution in [2.75, 3.05) is 19.6 Å². The van der Waals surface area contributed by atoms with Gasteiger partial charge in [0.25, 0.3) is 5.91 Å². The molecule has 3 N–H and O–H groups in total. The standard InChI is InChI=1S/C17H22N8OS.HI/c1-3-18-17(20-8-7-19-16(26)15-12(2)22-11-27-15)21-10-14-24-23-13-6-4-5-9-25(13)14;/h4-6,9,11H,3,7-8,10H2,1-2H3,(H,19,26)(H2,18,20,21);1H. The molecule has 0 unspecified atom stereocenters. The van der Waals surface area contributed by atoms with E-state index in [1.807, 2.05) is 42.6 Å². The molecule has 0 aliphatic heterocycles. The van der Waals surface area contributed by atoms with Crippen molar-refractivity contribution in [2.45, 2.75) is 20.4 Å². The first-order valence-corrected chi connectivity index (χ1v) is 9.56. The van der Waals surface area contributed by atoms with Crippen molar-refractivity contribution in [3.05, 3.63) is 46.3 Å². The van der Waals surface area contributed by atoms with E-state index >= 15 is 0 Å². The predicted molar refractivity (Wildman–Crippen MR) is 120 cm³/mol. The lowest BCUT2D eigenvalue weighted by Crippen LogP contribution is -2.41. The molecule has 0 bridgehead atoms. The minimum Gasteiger partial charge on any atom is -0.357 e. The van der Waals surface area contributed by atoms with Gasteiger partial charge in [-0.25, -0.2) is 9.98 Å². The Morgan fingerprint density at radius 3 is 2.79 bits per heavy atom. The second kappa shape index (κ2) is 10.9. The van der Waals surface area contributed by atoms with Crippen molar-refractivity contribution in [3.63, 3.8) is 0 Å². The summed E-state index contributed by atoms with van der Waals surface area (Å²) in [6.07, 6.45) is 1.91. The first-order valence-electron chi connectivity index (χ1n) is 8.68. The quantitative estimate of drug-likeness (QED) is 0.191. The molecule has 1 amide bonds. The SMILES string of the molecule is CCNC(=NCc1nnc2ccccn12)NCCNC(=O)c1scnc1C.I. The molecule has 0 atom stereocenters. The Kier molecular flexibility index (Phi) is 8.57. The molecule has 0 aliphatic rings. The summed E-state index contributed by atoms with van der Waals surface area (Å²) in [5, 5.41) is 17.5. The van der Waals surface area contributed by atoms with Gasteiger partial charge in [0.15, 0.2) is 17.4 Å². The van der Waals surface area contributed by atoms with Gasteiger partial charge in [-0.1, -0.05) is 6.07 Å². The minimum atomic E-state index is -0.103. The zero-order valence-electron chi connectivity index (χ0n) is 15.7.